The second-order valence-electron chi connectivity index (χ2n) is 9.02. The molecule has 3 aromatic rings. The van der Waals surface area contributed by atoms with Gasteiger partial charge in [0.15, 0.2) is 0 Å². The molecule has 1 fully saturated rings. The maximum absolute atomic E-state index is 13.4. The van der Waals surface area contributed by atoms with E-state index in [1.807, 2.05) is 30.3 Å². The number of amides is 1. The summed E-state index contributed by atoms with van der Waals surface area (Å²) < 4.78 is 0. The van der Waals surface area contributed by atoms with Crippen molar-refractivity contribution in [3.63, 3.8) is 0 Å². The Hall–Kier alpha value is -3.97. The summed E-state index contributed by atoms with van der Waals surface area (Å²) >= 11 is 0. The Balaban J connectivity index is 1.53. The van der Waals surface area contributed by atoms with Crippen LogP contribution in [-0.4, -0.2) is 47.0 Å². The van der Waals surface area contributed by atoms with Crippen LogP contribution in [0.5, 0.6) is 0 Å². The first-order chi connectivity index (χ1) is 17.0. The van der Waals surface area contributed by atoms with Gasteiger partial charge >= 0.3 is 5.97 Å². The third-order valence-electron chi connectivity index (χ3n) is 6.64. The van der Waals surface area contributed by atoms with Crippen molar-refractivity contribution in [2.24, 2.45) is 0 Å². The highest BCUT2D eigenvalue weighted by molar-refractivity contribution is 6.38. The number of anilines is 2. The fourth-order valence-electron chi connectivity index (χ4n) is 4.77. The largest absolute Gasteiger partial charge is 0.478 e. The smallest absolute Gasteiger partial charge is 0.335 e. The average molecular weight is 469 g/mol. The van der Waals surface area contributed by atoms with Gasteiger partial charge in [-0.05, 0) is 74.0 Å². The van der Waals surface area contributed by atoms with Crippen molar-refractivity contribution < 1.29 is 14.7 Å². The fraction of sp³-hybridized carbons (Fsp3) is 0.250. The fourth-order valence-corrected chi connectivity index (χ4v) is 4.77. The zero-order valence-corrected chi connectivity index (χ0v) is 19.7. The molecule has 0 atom stereocenters. The standard InChI is InChI=1S/C28H28N4O3/c1-31-24-13-10-20(28(34)35)17-22(24)25(27(31)33)26(23-7-3-4-14-29-23)30-21-11-8-19(9-12-21)18-32-15-5-2-6-16-32/h3-4,7-14,17,30H,2,5-6,15-16,18H2,1H3,(H,34,35). The van der Waals surface area contributed by atoms with Gasteiger partial charge in [0.25, 0.3) is 5.91 Å². The van der Waals surface area contributed by atoms with Gasteiger partial charge in [0.2, 0.25) is 0 Å². The lowest BCUT2D eigenvalue weighted by molar-refractivity contribution is -0.112. The van der Waals surface area contributed by atoms with Crippen LogP contribution in [0.2, 0.25) is 0 Å². The number of hydrogen-bond donors (Lipinski definition) is 2. The SMILES string of the molecule is CN1C(=O)C(=C(Nc2ccc(CN3CCCCC3)cc2)c2ccccn2)c2cc(C(=O)O)ccc21. The van der Waals surface area contributed by atoms with Crippen LogP contribution in [0.15, 0.2) is 66.9 Å². The minimum Gasteiger partial charge on any atom is -0.478 e. The Labute approximate surface area is 204 Å². The molecule has 0 spiro atoms. The molecule has 0 bridgehead atoms. The summed E-state index contributed by atoms with van der Waals surface area (Å²) in [6, 6.07) is 18.5. The van der Waals surface area contributed by atoms with Gasteiger partial charge in [-0.15, -0.1) is 0 Å². The molecule has 1 saturated heterocycles. The van der Waals surface area contributed by atoms with Crippen molar-refractivity contribution in [2.45, 2.75) is 25.8 Å². The number of piperidine rings is 1. The number of likely N-dealkylation sites (tertiary alicyclic amines) is 1. The molecule has 2 aliphatic heterocycles. The predicted octanol–water partition coefficient (Wildman–Crippen LogP) is 4.72. The molecule has 0 aliphatic carbocycles. The third kappa shape index (κ3) is 4.68. The number of benzene rings is 2. The van der Waals surface area contributed by atoms with Crippen LogP contribution < -0.4 is 10.2 Å². The monoisotopic (exact) mass is 468 g/mol. The lowest BCUT2D eigenvalue weighted by atomic mass is 10.0. The number of carboxylic acids is 1. The maximum Gasteiger partial charge on any atom is 0.335 e. The molecule has 2 aliphatic rings. The molecule has 35 heavy (non-hydrogen) atoms. The number of carbonyl (C=O) groups excluding carboxylic acids is 1. The molecular formula is C28H28N4O3. The van der Waals surface area contributed by atoms with Crippen molar-refractivity contribution in [3.05, 3.63) is 89.2 Å². The lowest BCUT2D eigenvalue weighted by Gasteiger charge is -2.26. The molecule has 0 unspecified atom stereocenters. The third-order valence-corrected chi connectivity index (χ3v) is 6.64. The molecular weight excluding hydrogens is 440 g/mol. The highest BCUT2D eigenvalue weighted by atomic mass is 16.4. The summed E-state index contributed by atoms with van der Waals surface area (Å²) in [7, 11) is 1.69. The molecule has 2 aromatic carbocycles. The number of nitrogens with zero attached hydrogens (tertiary/aromatic N) is 3. The van der Waals surface area contributed by atoms with Crippen molar-refractivity contribution in [1.82, 2.24) is 9.88 Å². The van der Waals surface area contributed by atoms with Crippen molar-refractivity contribution in [1.29, 1.82) is 0 Å². The molecule has 3 heterocycles. The second-order valence-corrected chi connectivity index (χ2v) is 9.02. The van der Waals surface area contributed by atoms with Gasteiger partial charge in [-0.2, -0.15) is 0 Å². The van der Waals surface area contributed by atoms with Gasteiger partial charge in [-0.1, -0.05) is 24.6 Å². The van der Waals surface area contributed by atoms with Crippen molar-refractivity contribution in [3.8, 4) is 0 Å². The molecule has 0 saturated carbocycles. The summed E-state index contributed by atoms with van der Waals surface area (Å²) in [5.41, 5.74) is 5.02. The van der Waals surface area contributed by atoms with Gasteiger partial charge < -0.3 is 15.3 Å². The van der Waals surface area contributed by atoms with Crippen LogP contribution in [-0.2, 0) is 11.3 Å². The van der Waals surface area contributed by atoms with E-state index < -0.39 is 5.97 Å². The van der Waals surface area contributed by atoms with Gasteiger partial charge in [-0.25, -0.2) is 4.79 Å². The number of likely N-dealkylation sites (N-methyl/N-ethyl adjacent to an activating group) is 1. The molecule has 5 rings (SSSR count). The number of aromatic carboxylic acids is 1. The van der Waals surface area contributed by atoms with Gasteiger partial charge in [0, 0.05) is 31.0 Å². The topological polar surface area (TPSA) is 85.8 Å². The van der Waals surface area contributed by atoms with E-state index in [2.05, 4.69) is 27.3 Å². The van der Waals surface area contributed by atoms with E-state index in [-0.39, 0.29) is 11.5 Å². The van der Waals surface area contributed by atoms with E-state index >= 15 is 0 Å². The number of hydrogen-bond acceptors (Lipinski definition) is 5. The quantitative estimate of drug-likeness (QED) is 0.509. The Morgan fingerprint density at radius 1 is 1.03 bits per heavy atom. The zero-order valence-electron chi connectivity index (χ0n) is 19.7. The van der Waals surface area contributed by atoms with Crippen molar-refractivity contribution in [2.75, 3.05) is 30.4 Å². The van der Waals surface area contributed by atoms with E-state index in [1.54, 1.807) is 30.3 Å². The van der Waals surface area contributed by atoms with Gasteiger partial charge in [0.05, 0.1) is 28.2 Å². The van der Waals surface area contributed by atoms with Crippen LogP contribution in [0.4, 0.5) is 11.4 Å². The van der Waals surface area contributed by atoms with E-state index in [1.165, 1.54) is 30.9 Å². The number of pyridine rings is 1. The Morgan fingerprint density at radius 2 is 1.80 bits per heavy atom. The first kappa shape index (κ1) is 22.8. The van der Waals surface area contributed by atoms with Crippen LogP contribution in [0.1, 0.15) is 46.4 Å². The molecule has 178 valence electrons. The predicted molar refractivity (Wildman–Crippen MR) is 137 cm³/mol. The molecule has 1 amide bonds. The highest BCUT2D eigenvalue weighted by Gasteiger charge is 2.34. The Kier molecular flexibility index (Phi) is 6.33. The van der Waals surface area contributed by atoms with Crippen LogP contribution >= 0.6 is 0 Å². The number of carboxylic acid groups (broad SMARTS) is 1. The lowest BCUT2D eigenvalue weighted by Crippen LogP contribution is -2.29. The molecule has 0 radical (unpaired) electrons. The van der Waals surface area contributed by atoms with Crippen LogP contribution in [0.25, 0.3) is 11.3 Å². The van der Waals surface area contributed by atoms with E-state index in [9.17, 15) is 14.7 Å². The second kappa shape index (κ2) is 9.72. The van der Waals surface area contributed by atoms with E-state index in [0.29, 0.717) is 28.2 Å². The summed E-state index contributed by atoms with van der Waals surface area (Å²) in [5, 5.41) is 12.9. The normalized spacial score (nSPS) is 17.3. The Morgan fingerprint density at radius 3 is 2.49 bits per heavy atom. The molecule has 7 nitrogen and oxygen atoms in total. The number of nitrogens with one attached hydrogen (secondary N) is 1. The number of carbonyl (C=O) groups is 2. The molecule has 7 heteroatoms. The van der Waals surface area contributed by atoms with E-state index in [4.69, 9.17) is 0 Å². The summed E-state index contributed by atoms with van der Waals surface area (Å²) in [6.45, 7) is 3.22. The maximum atomic E-state index is 13.4. The minimum atomic E-state index is -1.04. The summed E-state index contributed by atoms with van der Waals surface area (Å²) in [5.74, 6) is -1.25. The van der Waals surface area contributed by atoms with Crippen molar-refractivity contribution >= 4 is 34.5 Å². The first-order valence-corrected chi connectivity index (χ1v) is 11.9. The summed E-state index contributed by atoms with van der Waals surface area (Å²) in [6.07, 6.45) is 5.51. The number of fused-ring (bicyclic) bond motifs is 1. The number of rotatable bonds is 6. The Bertz CT molecular complexity index is 1280. The summed E-state index contributed by atoms with van der Waals surface area (Å²) in [4.78, 5) is 33.5. The average Bonchev–Trinajstić information content (AvgIpc) is 3.14. The molecule has 2 N–H and O–H groups in total. The van der Waals surface area contributed by atoms with Gasteiger partial charge in [0.1, 0.15) is 0 Å². The van der Waals surface area contributed by atoms with Gasteiger partial charge in [-0.3, -0.25) is 14.7 Å². The first-order valence-electron chi connectivity index (χ1n) is 11.9. The van der Waals surface area contributed by atoms with E-state index in [0.717, 1.165) is 25.3 Å². The molecule has 1 aromatic heterocycles. The highest BCUT2D eigenvalue weighted by Crippen LogP contribution is 2.40. The van der Waals surface area contributed by atoms with Crippen LogP contribution in [0, 0.1) is 0 Å². The zero-order chi connectivity index (χ0) is 24.4. The minimum absolute atomic E-state index is 0.131. The van der Waals surface area contributed by atoms with Crippen LogP contribution in [0.3, 0.4) is 0 Å². The number of aromatic nitrogens is 1.